The van der Waals surface area contributed by atoms with E-state index in [0.717, 1.165) is 12.3 Å². The summed E-state index contributed by atoms with van der Waals surface area (Å²) in [7, 11) is -3.33. The highest BCUT2D eigenvalue weighted by Crippen LogP contribution is 2.32. The monoisotopic (exact) mass is 494 g/mol. The van der Waals surface area contributed by atoms with E-state index in [0.29, 0.717) is 31.1 Å². The third-order valence-electron chi connectivity index (χ3n) is 5.53. The molecule has 0 saturated carbocycles. The molecule has 9 nitrogen and oxygen atoms in total. The van der Waals surface area contributed by atoms with E-state index in [2.05, 4.69) is 15.5 Å². The molecular formula is C21H21F3N6O3S. The summed E-state index contributed by atoms with van der Waals surface area (Å²) < 4.78 is 64.6. The van der Waals surface area contributed by atoms with Crippen molar-refractivity contribution in [1.82, 2.24) is 30.0 Å². The number of hydrogen-bond donors (Lipinski definition) is 0. The number of nitrogens with zero attached hydrogens (tertiary/aromatic N) is 6. The highest BCUT2D eigenvalue weighted by Gasteiger charge is 2.36. The molecule has 180 valence electrons. The summed E-state index contributed by atoms with van der Waals surface area (Å²) in [6.07, 6.45) is -3.48. The maximum Gasteiger partial charge on any atom is 0.417 e. The van der Waals surface area contributed by atoms with Gasteiger partial charge in [0.1, 0.15) is 0 Å². The maximum atomic E-state index is 13.3. The Morgan fingerprint density at radius 2 is 1.65 bits per heavy atom. The molecule has 1 amide bonds. The number of tetrazole rings is 1. The molecule has 4 rings (SSSR count). The van der Waals surface area contributed by atoms with Crippen molar-refractivity contribution in [1.29, 1.82) is 0 Å². The van der Waals surface area contributed by atoms with Gasteiger partial charge >= 0.3 is 6.18 Å². The van der Waals surface area contributed by atoms with E-state index in [9.17, 15) is 26.4 Å². The lowest BCUT2D eigenvalue weighted by Crippen LogP contribution is -2.48. The van der Waals surface area contributed by atoms with Crippen molar-refractivity contribution in [3.63, 3.8) is 0 Å². The Kier molecular flexibility index (Phi) is 6.41. The van der Waals surface area contributed by atoms with Crippen molar-refractivity contribution < 1.29 is 26.4 Å². The van der Waals surface area contributed by atoms with Gasteiger partial charge in [-0.25, -0.2) is 8.42 Å². The van der Waals surface area contributed by atoms with Crippen LogP contribution in [0.2, 0.25) is 0 Å². The lowest BCUT2D eigenvalue weighted by molar-refractivity contribution is -0.138. The Labute approximate surface area is 193 Å². The van der Waals surface area contributed by atoms with E-state index in [1.165, 1.54) is 39.9 Å². The minimum Gasteiger partial charge on any atom is -0.336 e. The van der Waals surface area contributed by atoms with Crippen LogP contribution in [0.5, 0.6) is 0 Å². The zero-order valence-electron chi connectivity index (χ0n) is 18.1. The summed E-state index contributed by atoms with van der Waals surface area (Å²) in [4.78, 5) is 16.3. The Bertz CT molecular complexity index is 1280. The van der Waals surface area contributed by atoms with Crippen molar-refractivity contribution in [2.75, 3.05) is 32.4 Å². The average molecular weight is 494 g/mol. The number of rotatable bonds is 5. The summed E-state index contributed by atoms with van der Waals surface area (Å²) >= 11 is 0. The maximum absolute atomic E-state index is 13.3. The van der Waals surface area contributed by atoms with E-state index in [1.807, 2.05) is 4.90 Å². The Morgan fingerprint density at radius 3 is 2.26 bits per heavy atom. The fourth-order valence-corrected chi connectivity index (χ4v) is 4.37. The normalized spacial score (nSPS) is 15.5. The van der Waals surface area contributed by atoms with Crippen LogP contribution in [0, 0.1) is 0 Å². The molecule has 0 bridgehead atoms. The second-order valence-electron chi connectivity index (χ2n) is 7.88. The molecule has 1 aliphatic heterocycles. The van der Waals surface area contributed by atoms with Gasteiger partial charge in [-0.1, -0.05) is 12.1 Å². The summed E-state index contributed by atoms with van der Waals surface area (Å²) in [5, 5.41) is 11.7. The fourth-order valence-electron chi connectivity index (χ4n) is 3.74. The molecule has 0 unspecified atom stereocenters. The number of carbonyl (C=O) groups excluding carboxylic acids is 1. The van der Waals surface area contributed by atoms with E-state index in [4.69, 9.17) is 0 Å². The topological polar surface area (TPSA) is 101 Å². The van der Waals surface area contributed by atoms with Crippen molar-refractivity contribution in [3.8, 4) is 5.69 Å². The second-order valence-corrected chi connectivity index (χ2v) is 9.90. The van der Waals surface area contributed by atoms with E-state index >= 15 is 0 Å². The standard InChI is InChI=1S/C21H21F3N6O3S/c1-34(32,33)16-8-6-15(7-9-16)30-19(25-26-27-30)14-28-10-12-29(13-11-28)20(31)17-4-2-3-5-18(17)21(22,23)24/h2-9H,10-14H2,1H3. The van der Waals surface area contributed by atoms with Crippen LogP contribution in [-0.2, 0) is 22.6 Å². The summed E-state index contributed by atoms with van der Waals surface area (Å²) in [5.41, 5.74) is -0.710. The quantitative estimate of drug-likeness (QED) is 0.535. The van der Waals surface area contributed by atoms with Crippen LogP contribution in [0.3, 0.4) is 0 Å². The smallest absolute Gasteiger partial charge is 0.336 e. The van der Waals surface area contributed by atoms with Gasteiger partial charge in [0.2, 0.25) is 0 Å². The molecule has 0 radical (unpaired) electrons. The largest absolute Gasteiger partial charge is 0.417 e. The number of carbonyl (C=O) groups is 1. The molecule has 0 N–H and O–H groups in total. The Morgan fingerprint density at radius 1 is 1.00 bits per heavy atom. The van der Waals surface area contributed by atoms with Crippen molar-refractivity contribution in [2.24, 2.45) is 0 Å². The molecule has 1 saturated heterocycles. The number of amides is 1. The molecule has 1 fully saturated rings. The van der Waals surface area contributed by atoms with Crippen LogP contribution in [0.4, 0.5) is 13.2 Å². The van der Waals surface area contributed by atoms with Crippen LogP contribution < -0.4 is 0 Å². The van der Waals surface area contributed by atoms with Gasteiger partial charge in [0.05, 0.1) is 28.3 Å². The molecule has 13 heteroatoms. The molecule has 0 aliphatic carbocycles. The van der Waals surface area contributed by atoms with Crippen molar-refractivity contribution in [2.45, 2.75) is 17.6 Å². The first-order chi connectivity index (χ1) is 16.0. The molecule has 3 aromatic rings. The molecule has 2 heterocycles. The SMILES string of the molecule is CS(=O)(=O)c1ccc(-n2nnnc2CN2CCN(C(=O)c3ccccc3C(F)(F)F)CC2)cc1. The van der Waals surface area contributed by atoms with Crippen molar-refractivity contribution >= 4 is 15.7 Å². The summed E-state index contributed by atoms with van der Waals surface area (Å²) in [5.74, 6) is -0.141. The summed E-state index contributed by atoms with van der Waals surface area (Å²) in [6.45, 7) is 1.73. The number of sulfone groups is 1. The number of piperazine rings is 1. The third-order valence-corrected chi connectivity index (χ3v) is 6.66. The average Bonchev–Trinajstić information content (AvgIpc) is 3.26. The lowest BCUT2D eigenvalue weighted by Gasteiger charge is -2.34. The first-order valence-corrected chi connectivity index (χ1v) is 12.2. The van der Waals surface area contributed by atoms with Gasteiger partial charge in [0, 0.05) is 32.4 Å². The van der Waals surface area contributed by atoms with Crippen LogP contribution in [0.15, 0.2) is 53.4 Å². The van der Waals surface area contributed by atoms with Gasteiger partial charge in [0.15, 0.2) is 15.7 Å². The lowest BCUT2D eigenvalue weighted by atomic mass is 10.1. The zero-order valence-corrected chi connectivity index (χ0v) is 18.9. The number of alkyl halides is 3. The van der Waals surface area contributed by atoms with Gasteiger partial charge in [-0.05, 0) is 46.8 Å². The number of hydrogen-bond acceptors (Lipinski definition) is 7. The fraction of sp³-hybridized carbons (Fsp3) is 0.333. The molecule has 1 aliphatic rings. The van der Waals surface area contributed by atoms with Gasteiger partial charge in [-0.15, -0.1) is 5.10 Å². The van der Waals surface area contributed by atoms with Crippen LogP contribution in [0.25, 0.3) is 5.69 Å². The molecule has 0 atom stereocenters. The minimum atomic E-state index is -4.61. The predicted molar refractivity (Wildman–Crippen MR) is 115 cm³/mol. The first-order valence-electron chi connectivity index (χ1n) is 10.3. The van der Waals surface area contributed by atoms with Gasteiger partial charge in [-0.3, -0.25) is 9.69 Å². The van der Waals surface area contributed by atoms with Crippen molar-refractivity contribution in [3.05, 3.63) is 65.5 Å². The summed E-state index contributed by atoms with van der Waals surface area (Å²) in [6, 6.07) is 10.9. The van der Waals surface area contributed by atoms with Gasteiger partial charge in [0.25, 0.3) is 5.91 Å². The highest BCUT2D eigenvalue weighted by atomic mass is 32.2. The Hall–Kier alpha value is -3.32. The third kappa shape index (κ3) is 5.09. The second kappa shape index (κ2) is 9.14. The molecule has 34 heavy (non-hydrogen) atoms. The number of benzene rings is 2. The molecule has 1 aromatic heterocycles. The molecule has 0 spiro atoms. The highest BCUT2D eigenvalue weighted by molar-refractivity contribution is 7.90. The number of aromatic nitrogens is 4. The zero-order chi connectivity index (χ0) is 24.5. The number of halogens is 3. The predicted octanol–water partition coefficient (Wildman–Crippen LogP) is 2.04. The van der Waals surface area contributed by atoms with Gasteiger partial charge < -0.3 is 4.90 Å². The first kappa shape index (κ1) is 23.8. The molecule has 2 aromatic carbocycles. The van der Waals surface area contributed by atoms with E-state index in [-0.39, 0.29) is 23.5 Å². The van der Waals surface area contributed by atoms with Crippen LogP contribution >= 0.6 is 0 Å². The minimum absolute atomic E-state index is 0.179. The van der Waals surface area contributed by atoms with Crippen LogP contribution in [0.1, 0.15) is 21.7 Å². The van der Waals surface area contributed by atoms with Crippen LogP contribution in [-0.4, -0.2) is 76.8 Å². The van der Waals surface area contributed by atoms with E-state index in [1.54, 1.807) is 12.1 Å². The Balaban J connectivity index is 1.42. The van der Waals surface area contributed by atoms with Gasteiger partial charge in [-0.2, -0.15) is 17.9 Å². The molecular weight excluding hydrogens is 473 g/mol. The van der Waals surface area contributed by atoms with E-state index < -0.39 is 27.5 Å².